The summed E-state index contributed by atoms with van der Waals surface area (Å²) >= 11 is 6.92. The number of aromatic nitrogens is 4. The lowest BCUT2D eigenvalue weighted by Gasteiger charge is -2.24. The van der Waals surface area contributed by atoms with E-state index in [1.54, 1.807) is 31.2 Å². The largest absolute Gasteiger partial charge is 0.496 e. The van der Waals surface area contributed by atoms with E-state index in [9.17, 15) is 14.0 Å². The van der Waals surface area contributed by atoms with Gasteiger partial charge in [0.1, 0.15) is 11.4 Å². The molecule has 3 N–H and O–H groups in total. The standard InChI is InChI=1S/C37H38ClFN8O3/c1-6-47-16-14-31-30(20-47)43-35(46(31)4)37(49)45-27-12-8-10-25(33(27)38)24-9-7-11-26(21(24)2)44-36(48)29-17-32(50-5)23(19-42-29)18-41-28-13-15-40-22(3)34(28)39/h7-13,15,17,19H,6,14,16,18,20H2,1-5H3,(H,40,41)(H,44,48)(H,45,49). The maximum Gasteiger partial charge on any atom is 0.291 e. The Morgan fingerprint density at radius 3 is 2.50 bits per heavy atom. The summed E-state index contributed by atoms with van der Waals surface area (Å²) in [4.78, 5) is 42.1. The number of carbonyl (C=O) groups is 2. The lowest BCUT2D eigenvalue weighted by Crippen LogP contribution is -2.30. The average Bonchev–Trinajstić information content (AvgIpc) is 3.46. The average molecular weight is 697 g/mol. The summed E-state index contributed by atoms with van der Waals surface area (Å²) in [5.41, 5.74) is 6.62. The molecular formula is C37H38ClFN8O3. The molecule has 13 heteroatoms. The fourth-order valence-electron chi connectivity index (χ4n) is 6.11. The number of carbonyl (C=O) groups excluding carboxylic acids is 2. The van der Waals surface area contributed by atoms with Crippen LogP contribution in [0.1, 0.15) is 56.2 Å². The first-order valence-corrected chi connectivity index (χ1v) is 16.6. The van der Waals surface area contributed by atoms with E-state index in [2.05, 4.69) is 42.7 Å². The summed E-state index contributed by atoms with van der Waals surface area (Å²) in [6.07, 6.45) is 3.89. The number of hydrogen-bond donors (Lipinski definition) is 3. The second-order valence-corrected chi connectivity index (χ2v) is 12.4. The van der Waals surface area contributed by atoms with Gasteiger partial charge in [0.15, 0.2) is 11.6 Å². The fraction of sp³-hybridized carbons (Fsp3) is 0.270. The minimum absolute atomic E-state index is 0.141. The van der Waals surface area contributed by atoms with Crippen LogP contribution in [0.4, 0.5) is 21.5 Å². The third-order valence-electron chi connectivity index (χ3n) is 9.03. The van der Waals surface area contributed by atoms with Gasteiger partial charge in [0.2, 0.25) is 0 Å². The van der Waals surface area contributed by atoms with Gasteiger partial charge in [0.05, 0.1) is 34.9 Å². The molecule has 0 saturated carbocycles. The summed E-state index contributed by atoms with van der Waals surface area (Å²) < 4.78 is 21.8. The molecule has 0 saturated heterocycles. The zero-order valence-corrected chi connectivity index (χ0v) is 29.3. The van der Waals surface area contributed by atoms with E-state index in [1.807, 2.05) is 42.8 Å². The van der Waals surface area contributed by atoms with Gasteiger partial charge in [-0.1, -0.05) is 42.8 Å². The van der Waals surface area contributed by atoms with Crippen molar-refractivity contribution in [2.45, 2.75) is 40.3 Å². The molecule has 1 aliphatic heterocycles. The van der Waals surface area contributed by atoms with E-state index in [1.165, 1.54) is 19.5 Å². The van der Waals surface area contributed by atoms with Gasteiger partial charge in [-0.25, -0.2) is 9.37 Å². The normalized spacial score (nSPS) is 12.7. The van der Waals surface area contributed by atoms with Gasteiger partial charge in [0.25, 0.3) is 11.8 Å². The number of hydrogen-bond acceptors (Lipinski definition) is 8. The number of likely N-dealkylation sites (N-methyl/N-ethyl adjacent to an activating group) is 1. The van der Waals surface area contributed by atoms with Gasteiger partial charge < -0.3 is 25.3 Å². The lowest BCUT2D eigenvalue weighted by molar-refractivity contribution is 0.100. The molecule has 0 atom stereocenters. The van der Waals surface area contributed by atoms with Crippen LogP contribution in [-0.2, 0) is 26.6 Å². The van der Waals surface area contributed by atoms with Crippen LogP contribution in [0.15, 0.2) is 60.9 Å². The van der Waals surface area contributed by atoms with Crippen molar-refractivity contribution < 1.29 is 18.7 Å². The molecule has 2 amide bonds. The maximum atomic E-state index is 14.4. The van der Waals surface area contributed by atoms with Gasteiger partial charge in [-0.3, -0.25) is 24.5 Å². The number of methoxy groups -OCH3 is 1. The van der Waals surface area contributed by atoms with Crippen molar-refractivity contribution >= 4 is 40.5 Å². The third kappa shape index (κ3) is 6.89. The number of nitrogens with one attached hydrogen (secondary N) is 3. The first-order chi connectivity index (χ1) is 24.1. The predicted molar refractivity (Wildman–Crippen MR) is 192 cm³/mol. The molecule has 5 aromatic rings. The minimum Gasteiger partial charge on any atom is -0.496 e. The molecule has 0 aliphatic carbocycles. The highest BCUT2D eigenvalue weighted by molar-refractivity contribution is 6.36. The topological polar surface area (TPSA) is 126 Å². The molecule has 3 aromatic heterocycles. The fourth-order valence-corrected chi connectivity index (χ4v) is 6.38. The number of fused-ring (bicyclic) bond motifs is 1. The number of anilines is 3. The van der Waals surface area contributed by atoms with Crippen molar-refractivity contribution in [3.63, 3.8) is 0 Å². The predicted octanol–water partition coefficient (Wildman–Crippen LogP) is 6.79. The highest BCUT2D eigenvalue weighted by Crippen LogP contribution is 2.38. The van der Waals surface area contributed by atoms with Crippen LogP contribution in [0.2, 0.25) is 5.02 Å². The van der Waals surface area contributed by atoms with Crippen molar-refractivity contribution in [3.05, 3.63) is 111 Å². The SMILES string of the molecule is CCN1CCc2c(nc(C(=O)Nc3cccc(-c4cccc(NC(=O)c5cc(OC)c(CNc6ccnc(C)c6F)cn5)c4C)c3Cl)n2C)C1. The molecule has 2 aromatic carbocycles. The Hall–Kier alpha value is -5.33. The molecule has 0 unspecified atom stereocenters. The molecular weight excluding hydrogens is 659 g/mol. The van der Waals surface area contributed by atoms with Gasteiger partial charge in [-0.05, 0) is 49.7 Å². The summed E-state index contributed by atoms with van der Waals surface area (Å²) in [6, 6.07) is 14.0. The summed E-state index contributed by atoms with van der Waals surface area (Å²) in [5.74, 6) is -0.454. The molecule has 6 rings (SSSR count). The van der Waals surface area contributed by atoms with Gasteiger partial charge in [0, 0.05) is 74.1 Å². The number of amides is 2. The highest BCUT2D eigenvalue weighted by Gasteiger charge is 2.25. The second-order valence-electron chi connectivity index (χ2n) is 12.1. The quantitative estimate of drug-likeness (QED) is 0.146. The number of rotatable bonds is 10. The van der Waals surface area contributed by atoms with Crippen molar-refractivity contribution in [1.82, 2.24) is 24.4 Å². The number of nitrogens with zero attached hydrogens (tertiary/aromatic N) is 5. The first kappa shape index (κ1) is 34.5. The van der Waals surface area contributed by atoms with Crippen LogP contribution in [0, 0.1) is 19.7 Å². The van der Waals surface area contributed by atoms with Gasteiger partial charge >= 0.3 is 0 Å². The number of pyridine rings is 2. The summed E-state index contributed by atoms with van der Waals surface area (Å²) in [7, 11) is 3.36. The number of aryl methyl sites for hydroxylation is 1. The number of ether oxygens (including phenoxy) is 1. The van der Waals surface area contributed by atoms with E-state index in [4.69, 9.17) is 16.3 Å². The second kappa shape index (κ2) is 14.7. The van der Waals surface area contributed by atoms with E-state index in [0.717, 1.165) is 48.6 Å². The Morgan fingerprint density at radius 2 is 1.74 bits per heavy atom. The van der Waals surface area contributed by atoms with Crippen molar-refractivity contribution in [1.29, 1.82) is 0 Å². The number of benzene rings is 2. The highest BCUT2D eigenvalue weighted by atomic mass is 35.5. The first-order valence-electron chi connectivity index (χ1n) is 16.2. The molecule has 4 heterocycles. The minimum atomic E-state index is -0.439. The molecule has 1 aliphatic rings. The molecule has 11 nitrogen and oxygen atoms in total. The van der Waals surface area contributed by atoms with Gasteiger partial charge in [-0.15, -0.1) is 0 Å². The van der Waals surface area contributed by atoms with Gasteiger partial charge in [-0.2, -0.15) is 0 Å². The molecule has 258 valence electrons. The van der Waals surface area contributed by atoms with Crippen LogP contribution in [-0.4, -0.2) is 56.4 Å². The number of halogens is 2. The molecule has 0 radical (unpaired) electrons. The molecule has 50 heavy (non-hydrogen) atoms. The van der Waals surface area contributed by atoms with E-state index in [-0.39, 0.29) is 23.8 Å². The van der Waals surface area contributed by atoms with E-state index in [0.29, 0.717) is 44.8 Å². The maximum absolute atomic E-state index is 14.4. The Morgan fingerprint density at radius 1 is 1.00 bits per heavy atom. The van der Waals surface area contributed by atoms with Crippen LogP contribution < -0.4 is 20.7 Å². The third-order valence-corrected chi connectivity index (χ3v) is 9.44. The number of imidazole rings is 1. The van der Waals surface area contributed by atoms with Crippen LogP contribution in [0.25, 0.3) is 11.1 Å². The van der Waals surface area contributed by atoms with Crippen molar-refractivity contribution in [2.24, 2.45) is 7.05 Å². The van der Waals surface area contributed by atoms with Crippen molar-refractivity contribution in [2.75, 3.05) is 36.1 Å². The zero-order valence-electron chi connectivity index (χ0n) is 28.5. The monoisotopic (exact) mass is 696 g/mol. The Labute approximate surface area is 294 Å². The molecule has 0 spiro atoms. The summed E-state index contributed by atoms with van der Waals surface area (Å²) in [5, 5.41) is 9.29. The van der Waals surface area contributed by atoms with Crippen molar-refractivity contribution in [3.8, 4) is 16.9 Å². The smallest absolute Gasteiger partial charge is 0.291 e. The lowest BCUT2D eigenvalue weighted by atomic mass is 9.98. The summed E-state index contributed by atoms with van der Waals surface area (Å²) in [6.45, 7) is 8.40. The Kier molecular flexibility index (Phi) is 10.1. The molecule has 0 fully saturated rings. The Balaban J connectivity index is 1.18. The van der Waals surface area contributed by atoms with E-state index < -0.39 is 11.7 Å². The van der Waals surface area contributed by atoms with E-state index >= 15 is 0 Å². The van der Waals surface area contributed by atoms with Crippen LogP contribution in [0.3, 0.4) is 0 Å². The Bertz CT molecular complexity index is 2100. The molecule has 0 bridgehead atoms. The zero-order chi connectivity index (χ0) is 35.5. The van der Waals surface area contributed by atoms with Crippen LogP contribution >= 0.6 is 11.6 Å². The van der Waals surface area contributed by atoms with Crippen LogP contribution in [0.5, 0.6) is 5.75 Å².